The second-order valence-corrected chi connectivity index (χ2v) is 8.34. The molecule has 0 saturated heterocycles. The number of ketones is 1. The summed E-state index contributed by atoms with van der Waals surface area (Å²) in [7, 11) is 0. The topological polar surface area (TPSA) is 68.3 Å². The lowest BCUT2D eigenvalue weighted by molar-refractivity contribution is -0.144. The van der Waals surface area contributed by atoms with Crippen LogP contribution in [-0.2, 0) is 14.3 Å². The number of hydrogen-bond acceptors (Lipinski definition) is 5. The highest BCUT2D eigenvalue weighted by molar-refractivity contribution is 6.04. The number of ether oxygens (including phenoxy) is 1. The molecule has 0 spiro atoms. The van der Waals surface area contributed by atoms with Crippen molar-refractivity contribution in [3.63, 3.8) is 0 Å². The number of hydrogen-bond donors (Lipinski definition) is 1. The molecule has 1 N–H and O–H groups in total. The molecule has 0 amide bonds. The average molecular weight is 417 g/mol. The van der Waals surface area contributed by atoms with Gasteiger partial charge in [-0.15, -0.1) is 0 Å². The van der Waals surface area contributed by atoms with Gasteiger partial charge >= 0.3 is 5.97 Å². The van der Waals surface area contributed by atoms with Gasteiger partial charge in [0.1, 0.15) is 0 Å². The fourth-order valence-electron chi connectivity index (χ4n) is 4.48. The first-order valence-electron chi connectivity index (χ1n) is 10.9. The van der Waals surface area contributed by atoms with Gasteiger partial charge in [0, 0.05) is 41.7 Å². The summed E-state index contributed by atoms with van der Waals surface area (Å²) < 4.78 is 5.68. The molecule has 160 valence electrons. The van der Waals surface area contributed by atoms with Crippen LogP contribution in [0.5, 0.6) is 0 Å². The van der Waals surface area contributed by atoms with Gasteiger partial charge in [-0.25, -0.2) is 4.79 Å². The Morgan fingerprint density at radius 2 is 1.90 bits per heavy atom. The van der Waals surface area contributed by atoms with E-state index in [0.717, 1.165) is 35.4 Å². The number of nitrogens with zero attached hydrogens (tertiary/aromatic N) is 1. The number of allylic oxidation sites excluding steroid dienone is 3. The van der Waals surface area contributed by atoms with Crippen molar-refractivity contribution in [2.24, 2.45) is 0 Å². The highest BCUT2D eigenvalue weighted by Gasteiger charge is 2.41. The van der Waals surface area contributed by atoms with E-state index in [4.69, 9.17) is 4.74 Å². The molecule has 1 aliphatic carbocycles. The van der Waals surface area contributed by atoms with Crippen molar-refractivity contribution in [3.8, 4) is 0 Å². The van der Waals surface area contributed by atoms with Gasteiger partial charge in [-0.1, -0.05) is 43.3 Å². The average Bonchev–Trinajstić information content (AvgIpc) is 2.79. The number of aromatic nitrogens is 1. The van der Waals surface area contributed by atoms with Crippen LogP contribution in [-0.4, -0.2) is 22.8 Å². The summed E-state index contributed by atoms with van der Waals surface area (Å²) in [5.74, 6) is -0.655. The van der Waals surface area contributed by atoms with E-state index < -0.39 is 5.92 Å². The Labute approximate surface area is 183 Å². The van der Waals surface area contributed by atoms with Gasteiger partial charge in [-0.3, -0.25) is 9.78 Å². The molecule has 1 aromatic heterocycles. The molecule has 1 aliphatic heterocycles. The summed E-state index contributed by atoms with van der Waals surface area (Å²) in [6.07, 6.45) is 5.13. The molecule has 4 rings (SSSR count). The lowest BCUT2D eigenvalue weighted by Crippen LogP contribution is -2.36. The van der Waals surface area contributed by atoms with Gasteiger partial charge in [0.2, 0.25) is 0 Å². The zero-order chi connectivity index (χ0) is 22.0. The number of rotatable bonds is 5. The maximum Gasteiger partial charge on any atom is 0.337 e. The minimum absolute atomic E-state index is 0.0674. The molecule has 0 fully saturated rings. The number of pyridine rings is 1. The lowest BCUT2D eigenvalue weighted by Gasteiger charge is -2.36. The van der Waals surface area contributed by atoms with Crippen LogP contribution < -0.4 is 5.32 Å². The Kier molecular flexibility index (Phi) is 6.03. The second kappa shape index (κ2) is 8.88. The third kappa shape index (κ3) is 4.18. The first-order chi connectivity index (χ1) is 15.0. The lowest BCUT2D eigenvalue weighted by atomic mass is 9.72. The first kappa shape index (κ1) is 21.0. The molecule has 0 unspecified atom stereocenters. The molecule has 0 saturated carbocycles. The molecule has 3 atom stereocenters. The van der Waals surface area contributed by atoms with Crippen LogP contribution in [0.25, 0.3) is 0 Å². The molecular weight excluding hydrogens is 388 g/mol. The van der Waals surface area contributed by atoms with Crippen molar-refractivity contribution in [1.82, 2.24) is 10.3 Å². The standard InChI is InChI=1S/C26H28N2O3/c1-4-16(2)31-26(30)23-17(3)28-21-13-20(18-9-6-5-7-10-18)14-22(29)25(21)24(23)19-11-8-12-27-15-19/h5-12,15-16,20,24,28H,4,13-14H2,1-3H3/t16-,20-,24+/m0/s1. The number of carbonyl (C=O) groups excluding carboxylic acids is 2. The van der Waals surface area contributed by atoms with Crippen molar-refractivity contribution in [3.05, 3.63) is 88.5 Å². The Bertz CT molecular complexity index is 1040. The smallest absolute Gasteiger partial charge is 0.337 e. The minimum atomic E-state index is -0.467. The van der Waals surface area contributed by atoms with Gasteiger partial charge in [-0.2, -0.15) is 0 Å². The Balaban J connectivity index is 1.76. The van der Waals surface area contributed by atoms with Crippen LogP contribution >= 0.6 is 0 Å². The summed E-state index contributed by atoms with van der Waals surface area (Å²) in [5, 5.41) is 3.39. The Hall–Kier alpha value is -3.21. The van der Waals surface area contributed by atoms with Crippen LogP contribution in [0.2, 0.25) is 0 Å². The number of dihydropyridines is 1. The molecule has 0 radical (unpaired) electrons. The van der Waals surface area contributed by atoms with Crippen LogP contribution in [0.15, 0.2) is 77.4 Å². The van der Waals surface area contributed by atoms with E-state index in [9.17, 15) is 9.59 Å². The fraction of sp³-hybridized carbons (Fsp3) is 0.346. The molecular formula is C26H28N2O3. The van der Waals surface area contributed by atoms with E-state index in [-0.39, 0.29) is 23.8 Å². The molecule has 5 heteroatoms. The first-order valence-corrected chi connectivity index (χ1v) is 10.9. The summed E-state index contributed by atoms with van der Waals surface area (Å²) in [4.78, 5) is 30.9. The van der Waals surface area contributed by atoms with Gasteiger partial charge < -0.3 is 10.1 Å². The third-order valence-corrected chi connectivity index (χ3v) is 6.22. The van der Waals surface area contributed by atoms with Crippen molar-refractivity contribution >= 4 is 11.8 Å². The van der Waals surface area contributed by atoms with E-state index in [2.05, 4.69) is 22.4 Å². The molecule has 31 heavy (non-hydrogen) atoms. The molecule has 5 nitrogen and oxygen atoms in total. The normalized spacial score (nSPS) is 22.0. The zero-order valence-corrected chi connectivity index (χ0v) is 18.2. The molecule has 2 heterocycles. The quantitative estimate of drug-likeness (QED) is 0.710. The van der Waals surface area contributed by atoms with Crippen molar-refractivity contribution in [2.45, 2.75) is 58.0 Å². The maximum atomic E-state index is 13.5. The molecule has 2 aromatic rings. The summed E-state index contributed by atoms with van der Waals surface area (Å²) >= 11 is 0. The number of esters is 1. The monoisotopic (exact) mass is 416 g/mol. The van der Waals surface area contributed by atoms with Crippen LogP contribution in [0.1, 0.15) is 63.0 Å². The summed E-state index contributed by atoms with van der Waals surface area (Å²) in [6.45, 7) is 5.74. The van der Waals surface area contributed by atoms with Crippen LogP contribution in [0.4, 0.5) is 0 Å². The number of benzene rings is 1. The molecule has 0 bridgehead atoms. The Morgan fingerprint density at radius 1 is 1.16 bits per heavy atom. The number of Topliss-reactive ketones (excluding diaryl/α,β-unsaturated/α-hetero) is 1. The van der Waals surface area contributed by atoms with E-state index in [1.807, 2.05) is 51.1 Å². The predicted octanol–water partition coefficient (Wildman–Crippen LogP) is 4.78. The molecule has 1 aromatic carbocycles. The van der Waals surface area contributed by atoms with E-state index in [1.165, 1.54) is 0 Å². The van der Waals surface area contributed by atoms with Crippen molar-refractivity contribution < 1.29 is 14.3 Å². The van der Waals surface area contributed by atoms with Gasteiger partial charge in [0.25, 0.3) is 0 Å². The summed E-state index contributed by atoms with van der Waals surface area (Å²) in [5.41, 5.74) is 4.80. The largest absolute Gasteiger partial charge is 0.459 e. The molecule has 2 aliphatic rings. The van der Waals surface area contributed by atoms with Gasteiger partial charge in [0.05, 0.1) is 11.7 Å². The SMILES string of the molecule is CC[C@H](C)OC(=O)C1=C(C)NC2=C(C(=O)C[C@@H](c3ccccc3)C2)[C@@H]1c1cccnc1. The second-order valence-electron chi connectivity index (χ2n) is 8.34. The highest BCUT2D eigenvalue weighted by atomic mass is 16.5. The number of carbonyl (C=O) groups is 2. The maximum absolute atomic E-state index is 13.5. The van der Waals surface area contributed by atoms with Gasteiger partial charge in [0.15, 0.2) is 5.78 Å². The van der Waals surface area contributed by atoms with E-state index >= 15 is 0 Å². The van der Waals surface area contributed by atoms with Crippen LogP contribution in [0.3, 0.4) is 0 Å². The Morgan fingerprint density at radius 3 is 2.58 bits per heavy atom. The number of nitrogens with one attached hydrogen (secondary N) is 1. The zero-order valence-electron chi connectivity index (χ0n) is 18.2. The van der Waals surface area contributed by atoms with E-state index in [0.29, 0.717) is 17.6 Å². The minimum Gasteiger partial charge on any atom is -0.459 e. The highest BCUT2D eigenvalue weighted by Crippen LogP contribution is 2.45. The van der Waals surface area contributed by atoms with E-state index in [1.54, 1.807) is 12.4 Å². The van der Waals surface area contributed by atoms with Gasteiger partial charge in [-0.05, 0) is 49.8 Å². The van der Waals surface area contributed by atoms with Crippen molar-refractivity contribution in [1.29, 1.82) is 0 Å². The third-order valence-electron chi connectivity index (χ3n) is 6.22. The van der Waals surface area contributed by atoms with Crippen molar-refractivity contribution in [2.75, 3.05) is 0 Å². The predicted molar refractivity (Wildman–Crippen MR) is 119 cm³/mol. The summed E-state index contributed by atoms with van der Waals surface area (Å²) in [6, 6.07) is 13.9. The fourth-order valence-corrected chi connectivity index (χ4v) is 4.48. The van der Waals surface area contributed by atoms with Crippen LogP contribution in [0, 0.1) is 0 Å².